The predicted octanol–water partition coefficient (Wildman–Crippen LogP) is 8.30. The molecule has 0 aromatic heterocycles. The number of hydrazine groups is 1. The van der Waals surface area contributed by atoms with Crippen LogP contribution < -0.4 is 15.1 Å². The maximum Gasteiger partial charge on any atom is 0.260 e. The van der Waals surface area contributed by atoms with Crippen molar-refractivity contribution in [2.45, 2.75) is 24.2 Å². The lowest BCUT2D eigenvalue weighted by Crippen LogP contribution is -2.53. The number of hydrogen-bond donors (Lipinski definition) is 2. The first kappa shape index (κ1) is 35.1. The van der Waals surface area contributed by atoms with E-state index in [9.17, 15) is 19.5 Å². The lowest BCUT2D eigenvalue weighted by atomic mass is 9.49. The number of imide groups is 2. The summed E-state index contributed by atoms with van der Waals surface area (Å²) in [6.07, 6.45) is 3.95. The first-order valence-electron chi connectivity index (χ1n) is 17.0. The van der Waals surface area contributed by atoms with Crippen LogP contribution >= 0.6 is 39.1 Å². The summed E-state index contributed by atoms with van der Waals surface area (Å²) in [6.45, 7) is 3.79. The summed E-state index contributed by atoms with van der Waals surface area (Å²) in [6, 6.07) is 23.7. The number of allylic oxidation sites excluding steroid dienone is 2. The van der Waals surface area contributed by atoms with Gasteiger partial charge >= 0.3 is 0 Å². The van der Waals surface area contributed by atoms with E-state index in [-0.39, 0.29) is 41.1 Å². The number of amides is 4. The molecule has 4 aliphatic rings. The van der Waals surface area contributed by atoms with Crippen LogP contribution in [0.4, 0.5) is 11.4 Å². The van der Waals surface area contributed by atoms with E-state index in [4.69, 9.17) is 27.9 Å². The standard InChI is InChI=1S/C41H32BrCl2N3O6/c1-3-21-4-10-25(11-5-21)46-37(49)28-15-14-27-29(35(28)39(46)51)20-31-38(50)47(45-33-16-9-24(43)19-32(33)44)40(52)41(31,22-6-12-26(53-2)13-7-22)36(27)30-18-23(42)8-17-34(30)48/h3-14,16-19,28-29,31,35-36,45,48H,1,15,20H2,2H3. The smallest absolute Gasteiger partial charge is 0.260 e. The van der Waals surface area contributed by atoms with Gasteiger partial charge in [0, 0.05) is 21.0 Å². The lowest BCUT2D eigenvalue weighted by molar-refractivity contribution is -0.138. The highest BCUT2D eigenvalue weighted by atomic mass is 79.9. The number of hydrogen-bond acceptors (Lipinski definition) is 7. The zero-order valence-corrected chi connectivity index (χ0v) is 31.4. The van der Waals surface area contributed by atoms with Crippen LogP contribution in [-0.2, 0) is 24.6 Å². The van der Waals surface area contributed by atoms with Crippen LogP contribution in [0.25, 0.3) is 6.08 Å². The topological polar surface area (TPSA) is 116 Å². The third kappa shape index (κ3) is 5.33. The number of anilines is 2. The fraction of sp³-hybridized carbons (Fsp3) is 0.220. The monoisotopic (exact) mass is 811 g/mol. The number of rotatable bonds is 7. The quantitative estimate of drug-likeness (QED) is 0.143. The second kappa shape index (κ2) is 13.2. The second-order valence-electron chi connectivity index (χ2n) is 13.7. The van der Waals surface area contributed by atoms with E-state index in [1.54, 1.807) is 78.9 Å². The first-order chi connectivity index (χ1) is 25.5. The molecule has 8 rings (SSSR count). The summed E-state index contributed by atoms with van der Waals surface area (Å²) >= 11 is 16.3. The Kier molecular flexibility index (Phi) is 8.75. The second-order valence-corrected chi connectivity index (χ2v) is 15.5. The van der Waals surface area contributed by atoms with Gasteiger partial charge in [-0.15, -0.1) is 0 Å². The van der Waals surface area contributed by atoms with E-state index in [0.717, 1.165) is 10.6 Å². The van der Waals surface area contributed by atoms with Crippen LogP contribution in [-0.4, -0.2) is 40.9 Å². The fourth-order valence-corrected chi connectivity index (χ4v) is 9.79. The number of nitrogens with one attached hydrogen (secondary N) is 1. The molecule has 4 aromatic carbocycles. The molecule has 4 amide bonds. The maximum atomic E-state index is 15.4. The Bertz CT molecular complexity index is 2260. The molecule has 2 heterocycles. The molecule has 0 bridgehead atoms. The number of benzene rings is 4. The highest BCUT2D eigenvalue weighted by Crippen LogP contribution is 2.65. The van der Waals surface area contributed by atoms with Gasteiger partial charge in [-0.3, -0.25) is 29.5 Å². The van der Waals surface area contributed by atoms with Gasteiger partial charge in [0.2, 0.25) is 11.8 Å². The molecule has 4 aromatic rings. The molecule has 9 nitrogen and oxygen atoms in total. The van der Waals surface area contributed by atoms with Gasteiger partial charge in [-0.1, -0.05) is 87.7 Å². The van der Waals surface area contributed by atoms with Crippen molar-refractivity contribution in [1.29, 1.82) is 0 Å². The molecule has 0 radical (unpaired) electrons. The molecule has 0 spiro atoms. The van der Waals surface area contributed by atoms with Gasteiger partial charge in [-0.05, 0) is 90.6 Å². The van der Waals surface area contributed by atoms with E-state index in [1.165, 1.54) is 24.1 Å². The summed E-state index contributed by atoms with van der Waals surface area (Å²) in [5.41, 5.74) is 4.60. The summed E-state index contributed by atoms with van der Waals surface area (Å²) in [5, 5.41) is 13.2. The van der Waals surface area contributed by atoms with Gasteiger partial charge < -0.3 is 9.84 Å². The van der Waals surface area contributed by atoms with Crippen molar-refractivity contribution in [1.82, 2.24) is 5.01 Å². The van der Waals surface area contributed by atoms with E-state index in [0.29, 0.717) is 37.6 Å². The molecule has 2 aliphatic carbocycles. The number of phenolic OH excluding ortho intramolecular Hbond substituents is 1. The summed E-state index contributed by atoms with van der Waals surface area (Å²) in [4.78, 5) is 60.1. The zero-order valence-electron chi connectivity index (χ0n) is 28.3. The Hall–Kier alpha value is -4.90. The molecule has 6 atom stereocenters. The van der Waals surface area contributed by atoms with E-state index >= 15 is 4.79 Å². The summed E-state index contributed by atoms with van der Waals surface area (Å²) in [5.74, 6) is -5.36. The Morgan fingerprint density at radius 2 is 1.66 bits per heavy atom. The molecule has 3 fully saturated rings. The minimum Gasteiger partial charge on any atom is -0.508 e. The number of nitrogens with zero attached hydrogens (tertiary/aromatic N) is 2. The third-order valence-corrected chi connectivity index (χ3v) is 12.3. The first-order valence-corrected chi connectivity index (χ1v) is 18.6. The number of carbonyl (C=O) groups excluding carboxylic acids is 4. The number of phenols is 1. The largest absolute Gasteiger partial charge is 0.508 e. The van der Waals surface area contributed by atoms with Gasteiger partial charge in [-0.2, -0.15) is 5.01 Å². The zero-order chi connectivity index (χ0) is 37.3. The SMILES string of the molecule is C=Cc1ccc(N2C(=O)C3CC=C4C(CC5C(=O)N(Nc6ccc(Cl)cc6Cl)C(=O)C5(c5ccc(OC)cc5)C4c4cc(Br)ccc4O)C3C2=O)cc1. The lowest BCUT2D eigenvalue weighted by Gasteiger charge is -2.50. The van der Waals surface area contributed by atoms with Crippen molar-refractivity contribution in [2.24, 2.45) is 23.7 Å². The van der Waals surface area contributed by atoms with E-state index in [2.05, 4.69) is 27.9 Å². The van der Waals surface area contributed by atoms with Crippen molar-refractivity contribution in [2.75, 3.05) is 17.4 Å². The van der Waals surface area contributed by atoms with Gasteiger partial charge in [0.1, 0.15) is 11.5 Å². The van der Waals surface area contributed by atoms with Crippen LogP contribution in [0.1, 0.15) is 35.4 Å². The molecule has 268 valence electrons. The van der Waals surface area contributed by atoms with Crippen LogP contribution in [0.2, 0.25) is 10.0 Å². The number of ether oxygens (including phenoxy) is 1. The molecule has 53 heavy (non-hydrogen) atoms. The Labute approximate surface area is 323 Å². The third-order valence-electron chi connectivity index (χ3n) is 11.3. The van der Waals surface area contributed by atoms with Crippen molar-refractivity contribution < 1.29 is 29.0 Å². The van der Waals surface area contributed by atoms with Crippen molar-refractivity contribution in [3.8, 4) is 11.5 Å². The van der Waals surface area contributed by atoms with Crippen LogP contribution in [0.5, 0.6) is 11.5 Å². The summed E-state index contributed by atoms with van der Waals surface area (Å²) < 4.78 is 6.10. The van der Waals surface area contributed by atoms with Gasteiger partial charge in [-0.25, -0.2) is 0 Å². The molecule has 2 aliphatic heterocycles. The van der Waals surface area contributed by atoms with Crippen molar-refractivity contribution in [3.63, 3.8) is 0 Å². The number of aromatic hydroxyl groups is 1. The predicted molar refractivity (Wildman–Crippen MR) is 205 cm³/mol. The normalized spacial score (nSPS) is 26.2. The molecule has 12 heteroatoms. The van der Waals surface area contributed by atoms with Crippen molar-refractivity contribution >= 4 is 80.2 Å². The Morgan fingerprint density at radius 3 is 2.34 bits per heavy atom. The summed E-state index contributed by atoms with van der Waals surface area (Å²) in [7, 11) is 1.54. The molecule has 6 unspecified atom stereocenters. The highest BCUT2D eigenvalue weighted by molar-refractivity contribution is 9.10. The van der Waals surface area contributed by atoms with E-state index in [1.807, 2.05) is 6.08 Å². The van der Waals surface area contributed by atoms with Gasteiger partial charge in [0.25, 0.3) is 11.8 Å². The highest BCUT2D eigenvalue weighted by Gasteiger charge is 2.70. The van der Waals surface area contributed by atoms with E-state index < -0.39 is 46.8 Å². The minimum atomic E-state index is -1.60. The Morgan fingerprint density at radius 1 is 0.925 bits per heavy atom. The number of halogens is 3. The van der Waals surface area contributed by atoms with Crippen LogP contribution in [0.15, 0.2) is 108 Å². The molecule has 2 N–H and O–H groups in total. The molecular formula is C41H32BrCl2N3O6. The average molecular weight is 814 g/mol. The number of carbonyl (C=O) groups is 4. The fourth-order valence-electron chi connectivity index (χ4n) is 8.96. The maximum absolute atomic E-state index is 15.4. The minimum absolute atomic E-state index is 0.0846. The molecule has 2 saturated heterocycles. The molecular weight excluding hydrogens is 781 g/mol. The number of fused-ring (bicyclic) bond motifs is 4. The van der Waals surface area contributed by atoms with Gasteiger partial charge in [0.05, 0.1) is 46.7 Å². The average Bonchev–Trinajstić information content (AvgIpc) is 3.54. The number of methoxy groups -OCH3 is 1. The Balaban J connectivity index is 1.33. The van der Waals surface area contributed by atoms with Crippen LogP contribution in [0, 0.1) is 23.7 Å². The van der Waals surface area contributed by atoms with Crippen molar-refractivity contribution in [3.05, 3.63) is 134 Å². The van der Waals surface area contributed by atoms with Gasteiger partial charge in [0.15, 0.2) is 0 Å². The van der Waals surface area contributed by atoms with Crippen LogP contribution in [0.3, 0.4) is 0 Å². The molecule has 1 saturated carbocycles.